The summed E-state index contributed by atoms with van der Waals surface area (Å²) in [6.45, 7) is 1.85. The van der Waals surface area contributed by atoms with E-state index in [4.69, 9.17) is 17.4 Å². The molecule has 1 atom stereocenters. The molecular formula is C14H13ClF2N2. The van der Waals surface area contributed by atoms with Gasteiger partial charge in [0.1, 0.15) is 11.6 Å². The van der Waals surface area contributed by atoms with Crippen molar-refractivity contribution in [2.75, 3.05) is 0 Å². The summed E-state index contributed by atoms with van der Waals surface area (Å²) < 4.78 is 27.3. The number of nitrogens with one attached hydrogen (secondary N) is 1. The minimum Gasteiger partial charge on any atom is -0.271 e. The third-order valence-electron chi connectivity index (χ3n) is 2.91. The van der Waals surface area contributed by atoms with E-state index in [1.54, 1.807) is 18.2 Å². The van der Waals surface area contributed by atoms with Crippen LogP contribution in [-0.2, 0) is 0 Å². The van der Waals surface area contributed by atoms with Crippen LogP contribution < -0.4 is 11.3 Å². The molecule has 0 saturated heterocycles. The van der Waals surface area contributed by atoms with E-state index in [9.17, 15) is 8.78 Å². The molecule has 0 aliphatic carbocycles. The Balaban J connectivity index is 2.49. The zero-order chi connectivity index (χ0) is 14.0. The van der Waals surface area contributed by atoms with Gasteiger partial charge in [0, 0.05) is 5.56 Å². The zero-order valence-electron chi connectivity index (χ0n) is 10.3. The number of rotatable bonds is 3. The summed E-state index contributed by atoms with van der Waals surface area (Å²) in [4.78, 5) is 0. The summed E-state index contributed by atoms with van der Waals surface area (Å²) in [6, 6.07) is 8.34. The zero-order valence-corrected chi connectivity index (χ0v) is 11.0. The fourth-order valence-electron chi connectivity index (χ4n) is 1.94. The van der Waals surface area contributed by atoms with Crippen LogP contribution in [0.15, 0.2) is 36.4 Å². The van der Waals surface area contributed by atoms with E-state index in [-0.39, 0.29) is 5.02 Å². The number of hydrazine groups is 1. The maximum atomic E-state index is 13.9. The topological polar surface area (TPSA) is 38.0 Å². The van der Waals surface area contributed by atoms with Crippen LogP contribution >= 0.6 is 11.6 Å². The van der Waals surface area contributed by atoms with Gasteiger partial charge in [-0.1, -0.05) is 35.4 Å². The molecule has 0 heterocycles. The van der Waals surface area contributed by atoms with Gasteiger partial charge in [-0.05, 0) is 30.7 Å². The quantitative estimate of drug-likeness (QED) is 0.668. The molecule has 19 heavy (non-hydrogen) atoms. The molecule has 1 unspecified atom stereocenters. The first-order chi connectivity index (χ1) is 9.02. The second-order valence-corrected chi connectivity index (χ2v) is 4.71. The van der Waals surface area contributed by atoms with Crippen molar-refractivity contribution in [2.45, 2.75) is 13.0 Å². The summed E-state index contributed by atoms with van der Waals surface area (Å²) >= 11 is 5.63. The smallest absolute Gasteiger partial charge is 0.142 e. The summed E-state index contributed by atoms with van der Waals surface area (Å²) in [5, 5.41) is 0.0178. The van der Waals surface area contributed by atoms with E-state index in [2.05, 4.69) is 5.43 Å². The van der Waals surface area contributed by atoms with E-state index in [0.29, 0.717) is 11.1 Å². The highest BCUT2D eigenvalue weighted by Crippen LogP contribution is 2.27. The van der Waals surface area contributed by atoms with E-state index in [1.165, 1.54) is 18.2 Å². The molecule has 2 aromatic carbocycles. The molecule has 3 N–H and O–H groups in total. The molecular weight excluding hydrogens is 270 g/mol. The van der Waals surface area contributed by atoms with Crippen LogP contribution in [0.5, 0.6) is 0 Å². The molecule has 0 spiro atoms. The molecule has 2 nitrogen and oxygen atoms in total. The molecule has 0 saturated carbocycles. The number of hydrogen-bond donors (Lipinski definition) is 2. The van der Waals surface area contributed by atoms with Gasteiger partial charge < -0.3 is 0 Å². The van der Waals surface area contributed by atoms with Crippen molar-refractivity contribution < 1.29 is 8.78 Å². The Morgan fingerprint density at radius 2 is 1.84 bits per heavy atom. The van der Waals surface area contributed by atoms with Gasteiger partial charge in [-0.3, -0.25) is 5.84 Å². The molecule has 2 rings (SSSR count). The predicted octanol–water partition coefficient (Wildman–Crippen LogP) is 3.48. The first-order valence-electron chi connectivity index (χ1n) is 5.70. The number of hydrogen-bond acceptors (Lipinski definition) is 2. The van der Waals surface area contributed by atoms with Crippen molar-refractivity contribution in [3.63, 3.8) is 0 Å². The summed E-state index contributed by atoms with van der Waals surface area (Å²) in [6.07, 6.45) is 0. The number of benzene rings is 2. The van der Waals surface area contributed by atoms with Crippen molar-refractivity contribution in [2.24, 2.45) is 5.84 Å². The fraction of sp³-hybridized carbons (Fsp3) is 0.143. The maximum absolute atomic E-state index is 13.9. The minimum atomic E-state index is -0.633. The van der Waals surface area contributed by atoms with Gasteiger partial charge in [0.05, 0.1) is 11.1 Å². The van der Waals surface area contributed by atoms with Gasteiger partial charge in [0.15, 0.2) is 0 Å². The second-order valence-electron chi connectivity index (χ2n) is 4.30. The molecule has 0 aliphatic heterocycles. The monoisotopic (exact) mass is 282 g/mol. The highest BCUT2D eigenvalue weighted by molar-refractivity contribution is 6.30. The van der Waals surface area contributed by atoms with Crippen molar-refractivity contribution >= 4 is 11.6 Å². The SMILES string of the molecule is Cc1ccc(F)c(C(NN)c2ccc(Cl)c(F)c2)c1. The average Bonchev–Trinajstić information content (AvgIpc) is 2.38. The van der Waals surface area contributed by atoms with Crippen LogP contribution in [0, 0.1) is 18.6 Å². The number of aryl methyl sites for hydroxylation is 1. The fourth-order valence-corrected chi connectivity index (χ4v) is 2.06. The van der Waals surface area contributed by atoms with Crippen LogP contribution in [0.2, 0.25) is 5.02 Å². The van der Waals surface area contributed by atoms with Crippen LogP contribution in [0.25, 0.3) is 0 Å². The predicted molar refractivity (Wildman–Crippen MR) is 71.7 cm³/mol. The number of halogens is 3. The molecule has 0 radical (unpaired) electrons. The average molecular weight is 283 g/mol. The van der Waals surface area contributed by atoms with E-state index in [0.717, 1.165) is 5.56 Å². The summed E-state index contributed by atoms with van der Waals surface area (Å²) in [5.41, 5.74) is 4.27. The Morgan fingerprint density at radius 3 is 2.47 bits per heavy atom. The maximum Gasteiger partial charge on any atom is 0.142 e. The molecule has 0 aliphatic rings. The van der Waals surface area contributed by atoms with Crippen molar-refractivity contribution in [1.29, 1.82) is 0 Å². The summed E-state index contributed by atoms with van der Waals surface area (Å²) in [7, 11) is 0. The molecule has 0 aromatic heterocycles. The first-order valence-corrected chi connectivity index (χ1v) is 6.08. The van der Waals surface area contributed by atoms with Gasteiger partial charge in [-0.2, -0.15) is 0 Å². The molecule has 0 amide bonds. The van der Waals surface area contributed by atoms with Crippen LogP contribution in [0.4, 0.5) is 8.78 Å². The van der Waals surface area contributed by atoms with Crippen LogP contribution in [-0.4, -0.2) is 0 Å². The molecule has 0 fully saturated rings. The first kappa shape index (κ1) is 13.9. The summed E-state index contributed by atoms with van der Waals surface area (Å²) in [5.74, 6) is 4.51. The van der Waals surface area contributed by atoms with Crippen LogP contribution in [0.3, 0.4) is 0 Å². The van der Waals surface area contributed by atoms with Crippen molar-refractivity contribution in [3.05, 3.63) is 69.7 Å². The lowest BCUT2D eigenvalue weighted by atomic mass is 9.97. The Kier molecular flexibility index (Phi) is 4.14. The molecule has 2 aromatic rings. The molecule has 5 heteroatoms. The molecule has 0 bridgehead atoms. The highest BCUT2D eigenvalue weighted by Gasteiger charge is 2.18. The Bertz CT molecular complexity index is 602. The highest BCUT2D eigenvalue weighted by atomic mass is 35.5. The standard InChI is InChI=1S/C14H13ClF2N2/c1-8-2-5-12(16)10(6-8)14(19-18)9-3-4-11(15)13(17)7-9/h2-7,14,19H,18H2,1H3. The third kappa shape index (κ3) is 2.92. The van der Waals surface area contributed by atoms with Gasteiger partial charge in [0.2, 0.25) is 0 Å². The van der Waals surface area contributed by atoms with Gasteiger partial charge in [-0.15, -0.1) is 0 Å². The van der Waals surface area contributed by atoms with Gasteiger partial charge in [0.25, 0.3) is 0 Å². The lowest BCUT2D eigenvalue weighted by Gasteiger charge is -2.18. The van der Waals surface area contributed by atoms with Crippen molar-refractivity contribution in [1.82, 2.24) is 5.43 Å². The van der Waals surface area contributed by atoms with E-state index in [1.807, 2.05) is 6.92 Å². The van der Waals surface area contributed by atoms with Gasteiger partial charge >= 0.3 is 0 Å². The Labute approximate surface area is 115 Å². The largest absolute Gasteiger partial charge is 0.271 e. The molecule has 100 valence electrons. The van der Waals surface area contributed by atoms with Crippen LogP contribution in [0.1, 0.15) is 22.7 Å². The van der Waals surface area contributed by atoms with Gasteiger partial charge in [-0.25, -0.2) is 14.2 Å². The third-order valence-corrected chi connectivity index (χ3v) is 3.21. The Morgan fingerprint density at radius 1 is 1.11 bits per heavy atom. The normalized spacial score (nSPS) is 12.5. The number of nitrogens with two attached hydrogens (primary N) is 1. The lowest BCUT2D eigenvalue weighted by Crippen LogP contribution is -2.29. The lowest BCUT2D eigenvalue weighted by molar-refractivity contribution is 0.555. The Hall–Kier alpha value is -1.49. The van der Waals surface area contributed by atoms with Crippen molar-refractivity contribution in [3.8, 4) is 0 Å². The second kappa shape index (κ2) is 5.65. The van der Waals surface area contributed by atoms with E-state index >= 15 is 0 Å². The van der Waals surface area contributed by atoms with E-state index < -0.39 is 17.7 Å². The minimum absolute atomic E-state index is 0.0178.